The monoisotopic (exact) mass is 548 g/mol. The molecule has 0 saturated carbocycles. The van der Waals surface area contributed by atoms with Crippen LogP contribution in [0.3, 0.4) is 0 Å². The molecule has 0 spiro atoms. The number of hydrogen-bond acceptors (Lipinski definition) is 5. The Hall–Kier alpha value is -1.91. The number of carbonyl (C=O) groups excluding carboxylic acids is 1. The molecule has 1 fully saturated rings. The summed E-state index contributed by atoms with van der Waals surface area (Å²) in [7, 11) is 6.67. The second kappa shape index (κ2) is 13.5. The number of halogens is 1. The molecule has 1 aliphatic heterocycles. The van der Waals surface area contributed by atoms with Crippen molar-refractivity contribution in [3.05, 3.63) is 17.7 Å². The highest BCUT2D eigenvalue weighted by Gasteiger charge is 2.24. The van der Waals surface area contributed by atoms with Crippen LogP contribution in [0.15, 0.2) is 17.1 Å². The zero-order valence-electron chi connectivity index (χ0n) is 19.5. The molecule has 1 aliphatic rings. The molecule has 0 bridgehead atoms. The van der Waals surface area contributed by atoms with Gasteiger partial charge in [-0.05, 0) is 19.3 Å². The van der Waals surface area contributed by atoms with Gasteiger partial charge in [0.05, 0.1) is 21.3 Å². The lowest BCUT2D eigenvalue weighted by atomic mass is 10.0. The van der Waals surface area contributed by atoms with Crippen molar-refractivity contribution < 1.29 is 19.0 Å². The van der Waals surface area contributed by atoms with Crippen molar-refractivity contribution in [1.82, 2.24) is 15.5 Å². The van der Waals surface area contributed by atoms with Crippen molar-refractivity contribution in [2.45, 2.75) is 39.2 Å². The highest BCUT2D eigenvalue weighted by molar-refractivity contribution is 14.0. The van der Waals surface area contributed by atoms with Gasteiger partial charge in [0.1, 0.15) is 17.2 Å². The van der Waals surface area contributed by atoms with E-state index in [0.29, 0.717) is 24.8 Å². The summed E-state index contributed by atoms with van der Waals surface area (Å²) in [6, 6.07) is 4.02. The molecule has 8 nitrogen and oxygen atoms in total. The number of aliphatic imine (C=N–C) groups is 1. The van der Waals surface area contributed by atoms with Crippen molar-refractivity contribution in [3.8, 4) is 17.2 Å². The predicted molar refractivity (Wildman–Crippen MR) is 134 cm³/mol. The molecule has 9 heteroatoms. The number of methoxy groups -OCH3 is 3. The quantitative estimate of drug-likeness (QED) is 0.296. The van der Waals surface area contributed by atoms with Gasteiger partial charge in [0.25, 0.3) is 0 Å². The van der Waals surface area contributed by atoms with Crippen LogP contribution in [-0.4, -0.2) is 70.8 Å². The number of amides is 1. The molecule has 0 atom stereocenters. The first kappa shape index (κ1) is 27.1. The number of hydrogen-bond donors (Lipinski definition) is 2. The zero-order chi connectivity index (χ0) is 22.1. The Balaban J connectivity index is 0.00000480. The van der Waals surface area contributed by atoms with E-state index in [2.05, 4.69) is 15.6 Å². The van der Waals surface area contributed by atoms with E-state index in [0.717, 1.165) is 49.0 Å². The Labute approximate surface area is 203 Å². The van der Waals surface area contributed by atoms with Gasteiger partial charge >= 0.3 is 0 Å². The Kier molecular flexibility index (Phi) is 11.8. The summed E-state index contributed by atoms with van der Waals surface area (Å²) in [4.78, 5) is 18.4. The van der Waals surface area contributed by atoms with Gasteiger partial charge in [0, 0.05) is 56.3 Å². The van der Waals surface area contributed by atoms with Crippen LogP contribution in [0.1, 0.15) is 32.3 Å². The van der Waals surface area contributed by atoms with Gasteiger partial charge in [-0.3, -0.25) is 9.79 Å². The molecule has 1 aromatic carbocycles. The first-order valence-electron chi connectivity index (χ1n) is 10.5. The molecule has 1 aromatic rings. The lowest BCUT2D eigenvalue weighted by molar-refractivity contribution is -0.135. The predicted octanol–water partition coefficient (Wildman–Crippen LogP) is 2.68. The number of ether oxygens (including phenoxy) is 3. The van der Waals surface area contributed by atoms with Crippen molar-refractivity contribution >= 4 is 35.8 Å². The summed E-state index contributed by atoms with van der Waals surface area (Å²) in [6.07, 6.45) is 2.54. The zero-order valence-corrected chi connectivity index (χ0v) is 21.8. The third-order valence-corrected chi connectivity index (χ3v) is 5.35. The fourth-order valence-corrected chi connectivity index (χ4v) is 3.63. The maximum atomic E-state index is 12.1. The Morgan fingerprint density at radius 3 is 2.16 bits per heavy atom. The smallest absolute Gasteiger partial charge is 0.225 e. The minimum absolute atomic E-state index is 0. The van der Waals surface area contributed by atoms with E-state index >= 15 is 0 Å². The van der Waals surface area contributed by atoms with Crippen LogP contribution in [0, 0.1) is 5.92 Å². The number of benzene rings is 1. The summed E-state index contributed by atoms with van der Waals surface area (Å²) < 4.78 is 16.3. The number of nitrogens with one attached hydrogen (secondary N) is 2. The summed E-state index contributed by atoms with van der Waals surface area (Å²) in [5, 5.41) is 6.84. The fraction of sp³-hybridized carbons (Fsp3) is 0.636. The van der Waals surface area contributed by atoms with Gasteiger partial charge in [-0.15, -0.1) is 24.0 Å². The van der Waals surface area contributed by atoms with Crippen LogP contribution in [0.5, 0.6) is 17.2 Å². The van der Waals surface area contributed by atoms with Crippen LogP contribution in [0.4, 0.5) is 0 Å². The van der Waals surface area contributed by atoms with E-state index in [4.69, 9.17) is 14.2 Å². The molecule has 2 rings (SSSR count). The van der Waals surface area contributed by atoms with Crippen molar-refractivity contribution in [3.63, 3.8) is 0 Å². The summed E-state index contributed by atoms with van der Waals surface area (Å²) in [5.41, 5.74) is 0.976. The summed E-state index contributed by atoms with van der Waals surface area (Å²) in [6.45, 7) is 6.14. The molecule has 1 amide bonds. The van der Waals surface area contributed by atoms with E-state index in [1.54, 1.807) is 28.4 Å². The third kappa shape index (κ3) is 7.62. The molecular formula is C22H37IN4O4. The third-order valence-electron chi connectivity index (χ3n) is 5.35. The lowest BCUT2D eigenvalue weighted by Crippen LogP contribution is -2.50. The van der Waals surface area contributed by atoms with Gasteiger partial charge in [-0.1, -0.05) is 13.8 Å². The number of carbonyl (C=O) groups is 1. The maximum absolute atomic E-state index is 12.1. The Morgan fingerprint density at radius 1 is 1.13 bits per heavy atom. The van der Waals surface area contributed by atoms with E-state index in [1.807, 2.05) is 30.9 Å². The van der Waals surface area contributed by atoms with E-state index < -0.39 is 0 Å². The number of nitrogens with zero attached hydrogens (tertiary/aromatic N) is 2. The van der Waals surface area contributed by atoms with Crippen molar-refractivity contribution in [2.24, 2.45) is 10.9 Å². The molecule has 0 aliphatic carbocycles. The van der Waals surface area contributed by atoms with E-state index in [1.165, 1.54) is 0 Å². The normalized spacial score (nSPS) is 14.7. The minimum Gasteiger partial charge on any atom is -0.496 e. The molecule has 0 radical (unpaired) electrons. The van der Waals surface area contributed by atoms with E-state index in [-0.39, 0.29) is 35.8 Å². The van der Waals surface area contributed by atoms with Gasteiger partial charge < -0.3 is 29.7 Å². The second-order valence-electron chi connectivity index (χ2n) is 7.66. The molecule has 176 valence electrons. The topological polar surface area (TPSA) is 84.4 Å². The van der Waals surface area contributed by atoms with Crippen molar-refractivity contribution in [2.75, 3.05) is 48.0 Å². The standard InChI is InChI=1S/C22H36N4O4.HI/c1-15(2)21(27)26-11-8-16(9-12-26)25-22(23-3)24-10-7-18-19(29-5)13-17(28-4)14-20(18)30-6;/h13-16H,7-12H2,1-6H3,(H2,23,24,25);1H. The molecular weight excluding hydrogens is 511 g/mol. The minimum atomic E-state index is 0. The van der Waals surface area contributed by atoms with Crippen LogP contribution in [0.25, 0.3) is 0 Å². The molecule has 1 saturated heterocycles. The van der Waals surface area contributed by atoms with Crippen LogP contribution in [-0.2, 0) is 11.2 Å². The Morgan fingerprint density at radius 2 is 1.71 bits per heavy atom. The molecule has 0 unspecified atom stereocenters. The first-order chi connectivity index (χ1) is 14.4. The van der Waals surface area contributed by atoms with Gasteiger partial charge in [0.2, 0.25) is 5.91 Å². The van der Waals surface area contributed by atoms with E-state index in [9.17, 15) is 4.79 Å². The van der Waals surface area contributed by atoms with Crippen LogP contribution >= 0.6 is 24.0 Å². The fourth-order valence-electron chi connectivity index (χ4n) is 3.63. The SMILES string of the molecule is CN=C(NCCc1c(OC)cc(OC)cc1OC)NC1CCN(C(=O)C(C)C)CC1.I. The second-order valence-corrected chi connectivity index (χ2v) is 7.66. The van der Waals surface area contributed by atoms with Gasteiger partial charge in [-0.2, -0.15) is 0 Å². The lowest BCUT2D eigenvalue weighted by Gasteiger charge is -2.34. The average molecular weight is 548 g/mol. The number of rotatable bonds is 8. The number of guanidine groups is 1. The summed E-state index contributed by atoms with van der Waals surface area (Å²) in [5.74, 6) is 3.21. The molecule has 2 N–H and O–H groups in total. The number of piperidine rings is 1. The van der Waals surface area contributed by atoms with Crippen LogP contribution < -0.4 is 24.8 Å². The average Bonchev–Trinajstić information content (AvgIpc) is 2.77. The van der Waals surface area contributed by atoms with Crippen molar-refractivity contribution in [1.29, 1.82) is 0 Å². The van der Waals surface area contributed by atoms with Gasteiger partial charge in [-0.25, -0.2) is 0 Å². The maximum Gasteiger partial charge on any atom is 0.225 e. The highest BCUT2D eigenvalue weighted by atomic mass is 127. The largest absolute Gasteiger partial charge is 0.496 e. The Bertz CT molecular complexity index is 709. The van der Waals surface area contributed by atoms with Crippen LogP contribution in [0.2, 0.25) is 0 Å². The summed E-state index contributed by atoms with van der Waals surface area (Å²) >= 11 is 0. The van der Waals surface area contributed by atoms with Gasteiger partial charge in [0.15, 0.2) is 5.96 Å². The molecule has 31 heavy (non-hydrogen) atoms. The highest BCUT2D eigenvalue weighted by Crippen LogP contribution is 2.34. The first-order valence-corrected chi connectivity index (χ1v) is 10.5. The number of likely N-dealkylation sites (tertiary alicyclic amines) is 1. The molecule has 1 heterocycles. The molecule has 0 aromatic heterocycles.